The van der Waals surface area contributed by atoms with Gasteiger partial charge in [-0.2, -0.15) is 4.31 Å². The Labute approximate surface area is 122 Å². The molecule has 8 nitrogen and oxygen atoms in total. The summed E-state index contributed by atoms with van der Waals surface area (Å²) in [6.45, 7) is 1.77. The number of aromatic nitrogens is 1. The zero-order chi connectivity index (χ0) is 15.9. The molecule has 1 aromatic heterocycles. The Balaban J connectivity index is 2.33. The molecule has 2 rings (SSSR count). The van der Waals surface area contributed by atoms with Gasteiger partial charge in [-0.05, 0) is 12.0 Å². The van der Waals surface area contributed by atoms with Crippen molar-refractivity contribution in [1.82, 2.24) is 8.87 Å². The molecule has 0 aromatic carbocycles. The van der Waals surface area contributed by atoms with Crippen LogP contribution in [-0.2, 0) is 21.9 Å². The van der Waals surface area contributed by atoms with E-state index in [4.69, 9.17) is 10.8 Å². The number of primary amides is 1. The second kappa shape index (κ2) is 5.15. The second-order valence-electron chi connectivity index (χ2n) is 5.28. The van der Waals surface area contributed by atoms with Crippen molar-refractivity contribution in [2.24, 2.45) is 24.6 Å². The van der Waals surface area contributed by atoms with Crippen LogP contribution in [0.15, 0.2) is 17.2 Å². The van der Waals surface area contributed by atoms with Crippen LogP contribution in [0.1, 0.15) is 17.4 Å². The normalized spacial score (nSPS) is 23.3. The molecule has 0 unspecified atom stereocenters. The summed E-state index contributed by atoms with van der Waals surface area (Å²) in [6.07, 6.45) is 1.30. The molecule has 1 aliphatic heterocycles. The Morgan fingerprint density at radius 3 is 2.43 bits per heavy atom. The Bertz CT molecular complexity index is 694. The van der Waals surface area contributed by atoms with Gasteiger partial charge in [-0.25, -0.2) is 8.42 Å². The highest BCUT2D eigenvalue weighted by molar-refractivity contribution is 7.89. The van der Waals surface area contributed by atoms with E-state index in [0.29, 0.717) is 0 Å². The van der Waals surface area contributed by atoms with Crippen molar-refractivity contribution in [2.45, 2.75) is 11.8 Å². The van der Waals surface area contributed by atoms with E-state index in [1.807, 2.05) is 0 Å². The minimum Gasteiger partial charge on any atom is -0.481 e. The Hall–Kier alpha value is -1.87. The molecule has 1 fully saturated rings. The summed E-state index contributed by atoms with van der Waals surface area (Å²) in [6, 6.07) is 1.20. The van der Waals surface area contributed by atoms with Crippen molar-refractivity contribution < 1.29 is 23.1 Å². The summed E-state index contributed by atoms with van der Waals surface area (Å²) < 4.78 is 27.5. The van der Waals surface area contributed by atoms with Gasteiger partial charge in [-0.3, -0.25) is 9.59 Å². The van der Waals surface area contributed by atoms with Gasteiger partial charge in [0.05, 0.1) is 5.92 Å². The van der Waals surface area contributed by atoms with Crippen molar-refractivity contribution in [3.8, 4) is 0 Å². The van der Waals surface area contributed by atoms with E-state index in [-0.39, 0.29) is 29.6 Å². The van der Waals surface area contributed by atoms with E-state index >= 15 is 0 Å². The SMILES string of the molecule is C[C@@H]1CN(S(=O)(=O)c2cc(C(N)=O)n(C)c2)C[C@H]1C(=O)O. The summed E-state index contributed by atoms with van der Waals surface area (Å²) in [7, 11) is -2.31. The molecule has 3 N–H and O–H groups in total. The number of rotatable bonds is 4. The first kappa shape index (κ1) is 15.5. The third kappa shape index (κ3) is 2.66. The van der Waals surface area contributed by atoms with Crippen LogP contribution in [0.3, 0.4) is 0 Å². The van der Waals surface area contributed by atoms with E-state index in [1.54, 1.807) is 6.92 Å². The van der Waals surface area contributed by atoms with Crippen LogP contribution in [0.5, 0.6) is 0 Å². The molecule has 116 valence electrons. The molecule has 0 radical (unpaired) electrons. The fourth-order valence-corrected chi connectivity index (χ4v) is 4.15. The molecule has 1 saturated heterocycles. The average Bonchev–Trinajstić information content (AvgIpc) is 2.93. The van der Waals surface area contributed by atoms with E-state index in [0.717, 1.165) is 4.31 Å². The number of amides is 1. The highest BCUT2D eigenvalue weighted by Crippen LogP contribution is 2.29. The van der Waals surface area contributed by atoms with Gasteiger partial charge < -0.3 is 15.4 Å². The van der Waals surface area contributed by atoms with E-state index < -0.39 is 27.8 Å². The molecule has 2 atom stereocenters. The van der Waals surface area contributed by atoms with E-state index in [9.17, 15) is 18.0 Å². The molecule has 1 aliphatic rings. The first-order valence-electron chi connectivity index (χ1n) is 6.33. The molecule has 0 spiro atoms. The predicted octanol–water partition coefficient (Wildman–Crippen LogP) is -0.535. The summed E-state index contributed by atoms with van der Waals surface area (Å²) >= 11 is 0. The van der Waals surface area contributed by atoms with Gasteiger partial charge in [0.15, 0.2) is 0 Å². The number of carbonyl (C=O) groups excluding carboxylic acids is 1. The Morgan fingerprint density at radius 2 is 2.00 bits per heavy atom. The minimum absolute atomic E-state index is 0.0583. The lowest BCUT2D eigenvalue weighted by Gasteiger charge is -2.14. The number of carboxylic acids is 1. The maximum absolute atomic E-state index is 12.5. The fraction of sp³-hybridized carbons (Fsp3) is 0.500. The topological polar surface area (TPSA) is 123 Å². The molecular weight excluding hydrogens is 298 g/mol. The third-order valence-corrected chi connectivity index (χ3v) is 5.56. The van der Waals surface area contributed by atoms with Crippen LogP contribution in [0.4, 0.5) is 0 Å². The zero-order valence-corrected chi connectivity index (χ0v) is 12.5. The number of sulfonamides is 1. The Morgan fingerprint density at radius 1 is 1.38 bits per heavy atom. The van der Waals surface area contributed by atoms with Gasteiger partial charge in [0.2, 0.25) is 10.0 Å². The molecule has 9 heteroatoms. The first-order valence-corrected chi connectivity index (χ1v) is 7.77. The molecule has 1 aromatic rings. The van der Waals surface area contributed by atoms with Crippen molar-refractivity contribution in [1.29, 1.82) is 0 Å². The number of hydrogen-bond acceptors (Lipinski definition) is 4. The molecule has 21 heavy (non-hydrogen) atoms. The van der Waals surface area contributed by atoms with Gasteiger partial charge in [-0.15, -0.1) is 0 Å². The standard InChI is InChI=1S/C12H17N3O5S/c1-7-4-15(6-9(7)12(17)18)21(19,20)8-3-10(11(13)16)14(2)5-8/h3,5,7,9H,4,6H2,1-2H3,(H2,13,16)(H,17,18)/t7-,9-/m1/s1. The van der Waals surface area contributed by atoms with Crippen molar-refractivity contribution in [3.63, 3.8) is 0 Å². The number of nitrogens with two attached hydrogens (primary N) is 1. The van der Waals surface area contributed by atoms with E-state index in [2.05, 4.69) is 0 Å². The summed E-state index contributed by atoms with van der Waals surface area (Å²) in [5, 5.41) is 9.07. The van der Waals surface area contributed by atoms with Gasteiger partial charge in [-0.1, -0.05) is 6.92 Å². The predicted molar refractivity (Wildman–Crippen MR) is 73.0 cm³/mol. The molecular formula is C12H17N3O5S. The third-order valence-electron chi connectivity index (χ3n) is 3.77. The highest BCUT2D eigenvalue weighted by atomic mass is 32.2. The van der Waals surface area contributed by atoms with Crippen LogP contribution in [0.25, 0.3) is 0 Å². The largest absolute Gasteiger partial charge is 0.481 e. The number of aliphatic carboxylic acids is 1. The lowest BCUT2D eigenvalue weighted by Crippen LogP contribution is -2.29. The molecule has 0 saturated carbocycles. The summed E-state index contributed by atoms with van der Waals surface area (Å²) in [5.74, 6) is -2.72. The number of carboxylic acid groups (broad SMARTS) is 1. The molecule has 0 aliphatic carbocycles. The van der Waals surface area contributed by atoms with Gasteiger partial charge >= 0.3 is 5.97 Å². The highest BCUT2D eigenvalue weighted by Gasteiger charge is 2.41. The maximum atomic E-state index is 12.5. The zero-order valence-electron chi connectivity index (χ0n) is 11.7. The summed E-state index contributed by atoms with van der Waals surface area (Å²) in [4.78, 5) is 22.2. The van der Waals surface area contributed by atoms with Crippen LogP contribution in [0, 0.1) is 11.8 Å². The summed E-state index contributed by atoms with van der Waals surface area (Å²) in [5.41, 5.74) is 5.24. The monoisotopic (exact) mass is 315 g/mol. The quantitative estimate of drug-likeness (QED) is 0.773. The number of aryl methyl sites for hydroxylation is 1. The van der Waals surface area contributed by atoms with Gasteiger partial charge in [0.25, 0.3) is 5.91 Å². The lowest BCUT2D eigenvalue weighted by molar-refractivity contribution is -0.142. The molecule has 1 amide bonds. The van der Waals surface area contributed by atoms with Gasteiger partial charge in [0.1, 0.15) is 10.6 Å². The molecule has 2 heterocycles. The average molecular weight is 315 g/mol. The molecule has 0 bridgehead atoms. The lowest BCUT2D eigenvalue weighted by atomic mass is 9.99. The van der Waals surface area contributed by atoms with Gasteiger partial charge in [0, 0.05) is 26.3 Å². The van der Waals surface area contributed by atoms with Crippen LogP contribution < -0.4 is 5.73 Å². The smallest absolute Gasteiger partial charge is 0.308 e. The first-order chi connectivity index (χ1) is 9.64. The fourth-order valence-electron chi connectivity index (χ4n) is 2.51. The van der Waals surface area contributed by atoms with Crippen molar-refractivity contribution in [3.05, 3.63) is 18.0 Å². The number of nitrogens with zero attached hydrogens (tertiary/aromatic N) is 2. The minimum atomic E-state index is -3.83. The Kier molecular flexibility index (Phi) is 3.81. The number of carbonyl (C=O) groups is 2. The maximum Gasteiger partial charge on any atom is 0.308 e. The second-order valence-corrected chi connectivity index (χ2v) is 7.22. The van der Waals surface area contributed by atoms with Crippen LogP contribution in [0.2, 0.25) is 0 Å². The van der Waals surface area contributed by atoms with Crippen molar-refractivity contribution >= 4 is 21.9 Å². The van der Waals surface area contributed by atoms with E-state index in [1.165, 1.54) is 23.9 Å². The van der Waals surface area contributed by atoms with Crippen molar-refractivity contribution in [2.75, 3.05) is 13.1 Å². The van der Waals surface area contributed by atoms with Crippen LogP contribution >= 0.6 is 0 Å². The number of hydrogen-bond donors (Lipinski definition) is 2. The van der Waals surface area contributed by atoms with Crippen LogP contribution in [-0.4, -0.2) is 47.4 Å².